The highest BCUT2D eigenvalue weighted by Crippen LogP contribution is 2.51. The van der Waals surface area contributed by atoms with Crippen LogP contribution in [0.2, 0.25) is 0 Å². The van der Waals surface area contributed by atoms with Crippen LogP contribution in [-0.2, 0) is 46.0 Å². The number of carboxylic acid groups (broad SMARTS) is 1. The number of carbonyl (C=O) groups is 1. The van der Waals surface area contributed by atoms with Crippen LogP contribution in [0, 0.1) is 6.92 Å². The lowest BCUT2D eigenvalue weighted by Gasteiger charge is -2.30. The van der Waals surface area contributed by atoms with Gasteiger partial charge < -0.3 is 23.7 Å². The molecule has 0 radical (unpaired) electrons. The highest BCUT2D eigenvalue weighted by Gasteiger charge is 2.45. The number of hydrogen-bond donors (Lipinski definition) is 1. The number of fused-ring (bicyclic) bond motifs is 2. The summed E-state index contributed by atoms with van der Waals surface area (Å²) in [5, 5.41) is 9.09. The van der Waals surface area contributed by atoms with Crippen molar-refractivity contribution < 1.29 is 53.4 Å². The number of benzene rings is 2. The number of hydrogen-bond acceptors (Lipinski definition) is 11. The molecule has 0 saturated carbocycles. The zero-order chi connectivity index (χ0) is 39.4. The number of anilines is 1. The largest absolute Gasteiger partial charge is 0.748 e. The van der Waals surface area contributed by atoms with E-state index >= 15 is 0 Å². The number of nitrogens with zero attached hydrogens (tertiary/aromatic N) is 2. The quantitative estimate of drug-likeness (QED) is 0.0919. The van der Waals surface area contributed by atoms with Crippen LogP contribution in [0.15, 0.2) is 77.4 Å². The molecule has 0 aliphatic carbocycles. The van der Waals surface area contributed by atoms with E-state index in [-0.39, 0.29) is 32.4 Å². The molecular weight excluding hydrogens is 745 g/mol. The number of aliphatic carboxylic acids is 1. The molecule has 13 nitrogen and oxygen atoms in total. The van der Waals surface area contributed by atoms with Crippen molar-refractivity contribution in [1.82, 2.24) is 0 Å². The molecule has 4 rings (SSSR count). The Labute approximate surface area is 312 Å². The molecular formula is C37H46N2O11S3-2. The van der Waals surface area contributed by atoms with Gasteiger partial charge in [0.05, 0.1) is 30.5 Å². The smallest absolute Gasteiger partial charge is 0.303 e. The third-order valence-electron chi connectivity index (χ3n) is 9.90. The van der Waals surface area contributed by atoms with Crippen LogP contribution in [0.4, 0.5) is 11.4 Å². The molecule has 2 aliphatic heterocycles. The zero-order valence-corrected chi connectivity index (χ0v) is 32.7. The van der Waals surface area contributed by atoms with Gasteiger partial charge in [-0.05, 0) is 76.8 Å². The van der Waals surface area contributed by atoms with E-state index in [0.717, 1.165) is 28.9 Å². The minimum Gasteiger partial charge on any atom is -0.748 e. The molecule has 0 spiro atoms. The van der Waals surface area contributed by atoms with Gasteiger partial charge in [0.1, 0.15) is 16.7 Å². The van der Waals surface area contributed by atoms with E-state index in [1.807, 2.05) is 54.5 Å². The van der Waals surface area contributed by atoms with Crippen LogP contribution >= 0.6 is 0 Å². The van der Waals surface area contributed by atoms with Crippen LogP contribution in [0.5, 0.6) is 0 Å². The molecule has 2 aliphatic rings. The van der Waals surface area contributed by atoms with Crippen molar-refractivity contribution in [2.24, 2.45) is 0 Å². The maximum Gasteiger partial charge on any atom is 0.303 e. The first kappa shape index (κ1) is 42.1. The van der Waals surface area contributed by atoms with Crippen molar-refractivity contribution in [2.45, 2.75) is 88.4 Å². The van der Waals surface area contributed by atoms with Gasteiger partial charge in [-0.1, -0.05) is 48.8 Å². The Morgan fingerprint density at radius 2 is 1.51 bits per heavy atom. The fourth-order valence-electron chi connectivity index (χ4n) is 7.31. The van der Waals surface area contributed by atoms with Crippen molar-refractivity contribution in [3.63, 3.8) is 0 Å². The fraction of sp³-hybridized carbons (Fsp3) is 0.459. The van der Waals surface area contributed by atoms with E-state index < -0.39 is 63.6 Å². The first-order valence-corrected chi connectivity index (χ1v) is 21.9. The summed E-state index contributed by atoms with van der Waals surface area (Å²) >= 11 is 0. The fourth-order valence-corrected chi connectivity index (χ4v) is 8.77. The van der Waals surface area contributed by atoms with Crippen LogP contribution in [0.3, 0.4) is 0 Å². The Bertz CT molecular complexity index is 2190. The number of rotatable bonds is 18. The Hall–Kier alpha value is -3.67. The molecule has 2 aromatic carbocycles. The molecule has 1 unspecified atom stereocenters. The summed E-state index contributed by atoms with van der Waals surface area (Å²) in [6, 6.07) is 10.1. The lowest BCUT2D eigenvalue weighted by Crippen LogP contribution is -2.30. The monoisotopic (exact) mass is 790 g/mol. The molecule has 0 aromatic heterocycles. The molecule has 0 saturated heterocycles. The Morgan fingerprint density at radius 3 is 2.15 bits per heavy atom. The molecule has 1 atom stereocenters. The summed E-state index contributed by atoms with van der Waals surface area (Å²) in [5.41, 5.74) is 4.38. The molecule has 0 fully saturated rings. The SMILES string of the molecule is Cc1ccc2c(c1)C(C)(CCCCCC(=O)O)C(=CC=CC=CC1=[N+](CCCS(=O)(=O)[O-])c3ccc(S(=O)(=O)[O-])cc3C1(C)C)N2CCCS(=O)(=O)[O-]. The normalized spacial score (nSPS) is 19.5. The molecule has 53 heavy (non-hydrogen) atoms. The van der Waals surface area contributed by atoms with Crippen molar-refractivity contribution in [2.75, 3.05) is 29.5 Å². The van der Waals surface area contributed by atoms with E-state index in [4.69, 9.17) is 5.11 Å². The second-order valence-corrected chi connectivity index (χ2v) is 18.7. The van der Waals surface area contributed by atoms with Gasteiger partial charge in [0.2, 0.25) is 5.69 Å². The predicted molar refractivity (Wildman–Crippen MR) is 199 cm³/mol. The summed E-state index contributed by atoms with van der Waals surface area (Å²) in [4.78, 5) is 12.7. The van der Waals surface area contributed by atoms with E-state index in [9.17, 15) is 43.7 Å². The highest BCUT2D eigenvalue weighted by molar-refractivity contribution is 7.86. The van der Waals surface area contributed by atoms with Crippen molar-refractivity contribution in [1.29, 1.82) is 0 Å². The van der Waals surface area contributed by atoms with Gasteiger partial charge in [-0.2, -0.15) is 4.58 Å². The van der Waals surface area contributed by atoms with Crippen LogP contribution in [-0.4, -0.2) is 84.9 Å². The van der Waals surface area contributed by atoms with Crippen LogP contribution < -0.4 is 4.90 Å². The summed E-state index contributed by atoms with van der Waals surface area (Å²) in [6.45, 7) is 8.21. The van der Waals surface area contributed by atoms with E-state index in [1.165, 1.54) is 18.2 Å². The van der Waals surface area contributed by atoms with E-state index in [0.29, 0.717) is 36.2 Å². The van der Waals surface area contributed by atoms with Gasteiger partial charge in [-0.3, -0.25) is 4.79 Å². The number of unbranched alkanes of at least 4 members (excludes halogenated alkanes) is 2. The molecule has 290 valence electrons. The molecule has 1 N–H and O–H groups in total. The third-order valence-corrected chi connectivity index (χ3v) is 12.3. The minimum atomic E-state index is -4.75. The standard InChI is InChI=1S/C37H48N2O11S3/c1-27-16-18-32-30(25-27)37(4,20-10-6-9-15-35(40)41)34(39(32)22-12-24-52(45,46)47)14-8-5-7-13-33-36(2,3)29-26-28(53(48,49)50)17-19-31(29)38(33)21-11-23-51(42,43)44/h5,7-8,13-14,16-19,25-26H,6,9-12,15,20-24H2,1-4H3,(H3-,40,41,42,43,44,45,46,47,48,49,50)/p-2. The highest BCUT2D eigenvalue weighted by atomic mass is 32.2. The molecule has 2 aromatic rings. The Balaban J connectivity index is 1.72. The maximum absolute atomic E-state index is 11.8. The Morgan fingerprint density at radius 1 is 0.830 bits per heavy atom. The van der Waals surface area contributed by atoms with Gasteiger partial charge in [-0.25, -0.2) is 25.3 Å². The van der Waals surface area contributed by atoms with E-state index in [2.05, 4.69) is 13.0 Å². The molecule has 0 amide bonds. The van der Waals surface area contributed by atoms with Gasteiger partial charge in [0.25, 0.3) is 0 Å². The maximum atomic E-state index is 11.8. The van der Waals surface area contributed by atoms with Crippen molar-refractivity contribution in [3.8, 4) is 0 Å². The summed E-state index contributed by atoms with van der Waals surface area (Å²) in [5.74, 6) is -1.95. The lowest BCUT2D eigenvalue weighted by molar-refractivity contribution is -0.437. The number of aryl methyl sites for hydroxylation is 1. The lowest BCUT2D eigenvalue weighted by atomic mass is 9.76. The second kappa shape index (κ2) is 16.4. The molecule has 16 heteroatoms. The first-order valence-electron chi connectivity index (χ1n) is 17.3. The molecule has 2 heterocycles. The van der Waals surface area contributed by atoms with E-state index in [1.54, 1.807) is 18.2 Å². The summed E-state index contributed by atoms with van der Waals surface area (Å²) in [6.07, 6.45) is 12.0. The van der Waals surface area contributed by atoms with Gasteiger partial charge in [0.15, 0.2) is 5.71 Å². The van der Waals surface area contributed by atoms with Gasteiger partial charge in [0, 0.05) is 65.4 Å². The first-order chi connectivity index (χ1) is 24.5. The topological polar surface area (TPSA) is 215 Å². The number of carboxylic acids is 1. The third kappa shape index (κ3) is 10.5. The van der Waals surface area contributed by atoms with Crippen LogP contribution in [0.1, 0.15) is 82.4 Å². The van der Waals surface area contributed by atoms with Gasteiger partial charge in [-0.15, -0.1) is 0 Å². The van der Waals surface area contributed by atoms with Crippen LogP contribution in [0.25, 0.3) is 0 Å². The summed E-state index contributed by atoms with van der Waals surface area (Å²) < 4.78 is 106. The molecule has 0 bridgehead atoms. The average molecular weight is 791 g/mol. The second-order valence-electron chi connectivity index (χ2n) is 14.3. The number of allylic oxidation sites excluding steroid dienone is 6. The predicted octanol–water partition coefficient (Wildman–Crippen LogP) is 4.96. The van der Waals surface area contributed by atoms with Crippen molar-refractivity contribution >= 4 is 53.4 Å². The summed E-state index contributed by atoms with van der Waals surface area (Å²) in [7, 11) is -13.7. The zero-order valence-electron chi connectivity index (χ0n) is 30.3. The van der Waals surface area contributed by atoms with Gasteiger partial charge >= 0.3 is 5.97 Å². The van der Waals surface area contributed by atoms with Crippen molar-refractivity contribution in [3.05, 3.63) is 89.2 Å². The average Bonchev–Trinajstić information content (AvgIpc) is 3.38. The Kier molecular flexibility index (Phi) is 13.0. The minimum absolute atomic E-state index is 0.0145.